The van der Waals surface area contributed by atoms with Crippen LogP contribution in [0.2, 0.25) is 0 Å². The van der Waals surface area contributed by atoms with Gasteiger partial charge in [-0.1, -0.05) is 30.3 Å². The van der Waals surface area contributed by atoms with Gasteiger partial charge in [0.1, 0.15) is 0 Å². The topological polar surface area (TPSA) is 34.1 Å². The molecule has 0 aliphatic heterocycles. The highest BCUT2D eigenvalue weighted by atomic mass is 16.1. The summed E-state index contributed by atoms with van der Waals surface area (Å²) in [6, 6.07) is 12.4. The number of fused-ring (bicyclic) bond motifs is 1. The van der Waals surface area contributed by atoms with Crippen LogP contribution in [0.3, 0.4) is 0 Å². The molecule has 2 heteroatoms. The van der Waals surface area contributed by atoms with E-state index in [1.165, 1.54) is 13.0 Å². The van der Waals surface area contributed by atoms with Crippen molar-refractivity contribution in [2.24, 2.45) is 0 Å². The van der Waals surface area contributed by atoms with Crippen molar-refractivity contribution in [3.63, 3.8) is 0 Å². The van der Waals surface area contributed by atoms with Crippen LogP contribution in [0.25, 0.3) is 10.8 Å². The van der Waals surface area contributed by atoms with Gasteiger partial charge in [0.2, 0.25) is 0 Å². The SMILES string of the molecule is CC(=O)c1cc2ccccc2ccc1=O. The second-order valence-electron chi connectivity index (χ2n) is 3.44. The molecule has 0 heterocycles. The van der Waals surface area contributed by atoms with E-state index in [-0.39, 0.29) is 16.8 Å². The Balaban J connectivity index is 2.91. The van der Waals surface area contributed by atoms with Crippen molar-refractivity contribution in [2.75, 3.05) is 0 Å². The Morgan fingerprint density at radius 2 is 1.67 bits per heavy atom. The van der Waals surface area contributed by atoms with E-state index in [2.05, 4.69) is 0 Å². The molecular formula is C13H10O2. The molecule has 0 bridgehead atoms. The lowest BCUT2D eigenvalue weighted by molar-refractivity contribution is 0.101. The number of Topliss-reactive ketones (excluding diaryl/α,β-unsaturated/α-hetero) is 1. The Morgan fingerprint density at radius 3 is 2.33 bits per heavy atom. The second kappa shape index (κ2) is 3.65. The molecule has 0 saturated heterocycles. The zero-order valence-electron chi connectivity index (χ0n) is 8.36. The highest BCUT2D eigenvalue weighted by Gasteiger charge is 2.03. The van der Waals surface area contributed by atoms with Crippen LogP contribution in [-0.4, -0.2) is 5.78 Å². The summed E-state index contributed by atoms with van der Waals surface area (Å²) in [4.78, 5) is 22.8. The van der Waals surface area contributed by atoms with Gasteiger partial charge in [-0.05, 0) is 29.8 Å². The standard InChI is InChI=1S/C13H10O2/c1-9(14)12-8-11-5-3-2-4-10(11)6-7-13(12)15/h2-8H,1H3. The van der Waals surface area contributed by atoms with Gasteiger partial charge < -0.3 is 0 Å². The molecule has 0 fully saturated rings. The third-order valence-electron chi connectivity index (χ3n) is 2.35. The summed E-state index contributed by atoms with van der Waals surface area (Å²) in [6.45, 7) is 1.41. The van der Waals surface area contributed by atoms with Crippen molar-refractivity contribution < 1.29 is 4.79 Å². The molecule has 2 aromatic rings. The maximum Gasteiger partial charge on any atom is 0.189 e. The molecule has 2 rings (SSSR count). The predicted octanol–water partition coefficient (Wildman–Crippen LogP) is 2.40. The van der Waals surface area contributed by atoms with Crippen LogP contribution in [0.5, 0.6) is 0 Å². The van der Waals surface area contributed by atoms with Gasteiger partial charge in [0.25, 0.3) is 0 Å². The Bertz CT molecular complexity index is 585. The summed E-state index contributed by atoms with van der Waals surface area (Å²) < 4.78 is 0. The Labute approximate surface area is 87.2 Å². The maximum atomic E-state index is 11.5. The summed E-state index contributed by atoms with van der Waals surface area (Å²) >= 11 is 0. The molecule has 0 aliphatic carbocycles. The van der Waals surface area contributed by atoms with Crippen LogP contribution in [0.4, 0.5) is 0 Å². The molecule has 74 valence electrons. The van der Waals surface area contributed by atoms with Crippen LogP contribution in [0.15, 0.2) is 47.3 Å². The molecule has 0 saturated carbocycles. The molecule has 2 aromatic carbocycles. The zero-order valence-corrected chi connectivity index (χ0v) is 8.36. The van der Waals surface area contributed by atoms with Gasteiger partial charge in [-0.15, -0.1) is 0 Å². The average molecular weight is 198 g/mol. The summed E-state index contributed by atoms with van der Waals surface area (Å²) in [7, 11) is 0. The van der Waals surface area contributed by atoms with E-state index in [1.807, 2.05) is 24.3 Å². The highest BCUT2D eigenvalue weighted by Crippen LogP contribution is 2.11. The first kappa shape index (κ1) is 9.59. The lowest BCUT2D eigenvalue weighted by atomic mass is 10.1. The first-order valence-corrected chi connectivity index (χ1v) is 4.72. The quantitative estimate of drug-likeness (QED) is 0.659. The molecule has 0 spiro atoms. The Hall–Kier alpha value is -1.96. The molecule has 0 aromatic heterocycles. The van der Waals surface area contributed by atoms with Crippen LogP contribution >= 0.6 is 0 Å². The molecular weight excluding hydrogens is 188 g/mol. The van der Waals surface area contributed by atoms with Gasteiger partial charge in [0, 0.05) is 0 Å². The minimum atomic E-state index is -0.223. The molecule has 0 radical (unpaired) electrons. The number of benzene rings is 1. The minimum Gasteiger partial charge on any atom is -0.294 e. The fraction of sp³-hybridized carbons (Fsp3) is 0.0769. The van der Waals surface area contributed by atoms with Crippen LogP contribution in [0, 0.1) is 0 Å². The van der Waals surface area contributed by atoms with E-state index < -0.39 is 0 Å². The van der Waals surface area contributed by atoms with E-state index >= 15 is 0 Å². The van der Waals surface area contributed by atoms with Gasteiger partial charge in [-0.25, -0.2) is 0 Å². The van der Waals surface area contributed by atoms with Crippen LogP contribution in [-0.2, 0) is 0 Å². The van der Waals surface area contributed by atoms with Crippen LogP contribution in [0.1, 0.15) is 17.3 Å². The van der Waals surface area contributed by atoms with Crippen LogP contribution < -0.4 is 5.43 Å². The van der Waals surface area contributed by atoms with Crippen molar-refractivity contribution in [1.29, 1.82) is 0 Å². The number of carbonyl (C=O) groups is 1. The second-order valence-corrected chi connectivity index (χ2v) is 3.44. The van der Waals surface area contributed by atoms with E-state index in [9.17, 15) is 9.59 Å². The van der Waals surface area contributed by atoms with Gasteiger partial charge in [0.05, 0.1) is 5.56 Å². The highest BCUT2D eigenvalue weighted by molar-refractivity contribution is 5.97. The first-order chi connectivity index (χ1) is 7.18. The summed E-state index contributed by atoms with van der Waals surface area (Å²) in [5, 5.41) is 1.87. The van der Waals surface area contributed by atoms with Gasteiger partial charge in [-0.3, -0.25) is 9.59 Å². The number of carbonyl (C=O) groups excluding carboxylic acids is 1. The fourth-order valence-corrected chi connectivity index (χ4v) is 1.55. The molecule has 15 heavy (non-hydrogen) atoms. The largest absolute Gasteiger partial charge is 0.294 e. The molecule has 0 atom stereocenters. The molecule has 0 N–H and O–H groups in total. The molecule has 0 amide bonds. The molecule has 2 nitrogen and oxygen atoms in total. The number of ketones is 1. The number of hydrogen-bond donors (Lipinski definition) is 0. The monoisotopic (exact) mass is 198 g/mol. The van der Waals surface area contributed by atoms with E-state index in [0.717, 1.165) is 10.8 Å². The lowest BCUT2D eigenvalue weighted by Crippen LogP contribution is -2.07. The van der Waals surface area contributed by atoms with Gasteiger partial charge in [0.15, 0.2) is 11.2 Å². The van der Waals surface area contributed by atoms with Crippen molar-refractivity contribution in [2.45, 2.75) is 6.92 Å². The zero-order chi connectivity index (χ0) is 10.8. The summed E-state index contributed by atoms with van der Waals surface area (Å²) in [6.07, 6.45) is 0. The molecule has 0 unspecified atom stereocenters. The van der Waals surface area contributed by atoms with Crippen molar-refractivity contribution >= 4 is 16.6 Å². The predicted molar refractivity (Wildman–Crippen MR) is 60.2 cm³/mol. The van der Waals surface area contributed by atoms with Gasteiger partial charge >= 0.3 is 0 Å². The smallest absolute Gasteiger partial charge is 0.189 e. The minimum absolute atomic E-state index is 0.193. The fourth-order valence-electron chi connectivity index (χ4n) is 1.55. The average Bonchev–Trinajstić information content (AvgIpc) is 2.39. The van der Waals surface area contributed by atoms with E-state index in [1.54, 1.807) is 12.1 Å². The number of rotatable bonds is 1. The number of hydrogen-bond acceptors (Lipinski definition) is 2. The third kappa shape index (κ3) is 1.79. The van der Waals surface area contributed by atoms with Crippen molar-refractivity contribution in [3.8, 4) is 0 Å². The Morgan fingerprint density at radius 1 is 1.00 bits per heavy atom. The first-order valence-electron chi connectivity index (χ1n) is 4.72. The van der Waals surface area contributed by atoms with E-state index in [0.29, 0.717) is 0 Å². The normalized spacial score (nSPS) is 10.2. The summed E-state index contributed by atoms with van der Waals surface area (Å²) in [5.74, 6) is -0.193. The maximum absolute atomic E-state index is 11.5. The van der Waals surface area contributed by atoms with E-state index in [4.69, 9.17) is 0 Å². The van der Waals surface area contributed by atoms with Crippen molar-refractivity contribution in [1.82, 2.24) is 0 Å². The third-order valence-corrected chi connectivity index (χ3v) is 2.35. The lowest BCUT2D eigenvalue weighted by Gasteiger charge is -1.91. The molecule has 0 aliphatic rings. The summed E-state index contributed by atoms with van der Waals surface area (Å²) in [5.41, 5.74) is 0.0231. The van der Waals surface area contributed by atoms with Crippen molar-refractivity contribution in [3.05, 3.63) is 58.3 Å². The Kier molecular flexibility index (Phi) is 2.34. The van der Waals surface area contributed by atoms with Gasteiger partial charge in [-0.2, -0.15) is 0 Å².